The number of ether oxygens (including phenoxy) is 1. The van der Waals surface area contributed by atoms with Crippen LogP contribution in [0.5, 0.6) is 0 Å². The summed E-state index contributed by atoms with van der Waals surface area (Å²) in [4.78, 5) is 20.5. The molecular formula is C14H13N3O2. The van der Waals surface area contributed by atoms with Crippen molar-refractivity contribution in [3.63, 3.8) is 0 Å². The molecule has 19 heavy (non-hydrogen) atoms. The Bertz CT molecular complexity index is 777. The minimum Gasteiger partial charge on any atom is -0.462 e. The predicted molar refractivity (Wildman–Crippen MR) is 71.2 cm³/mol. The maximum Gasteiger partial charge on any atom is 0.341 e. The number of nitrogens with zero attached hydrogens (tertiary/aromatic N) is 3. The van der Waals surface area contributed by atoms with Crippen LogP contribution in [0.1, 0.15) is 23.0 Å². The molecule has 0 aliphatic heterocycles. The van der Waals surface area contributed by atoms with E-state index in [9.17, 15) is 4.79 Å². The molecule has 0 bridgehead atoms. The lowest BCUT2D eigenvalue weighted by Crippen LogP contribution is -2.10. The van der Waals surface area contributed by atoms with E-state index in [1.807, 2.05) is 35.6 Å². The molecule has 0 N–H and O–H groups in total. The molecule has 0 saturated carbocycles. The summed E-state index contributed by atoms with van der Waals surface area (Å²) in [6.45, 7) is 4.00. The van der Waals surface area contributed by atoms with Crippen molar-refractivity contribution in [3.05, 3.63) is 41.7 Å². The first kappa shape index (κ1) is 11.6. The van der Waals surface area contributed by atoms with E-state index in [2.05, 4.69) is 9.97 Å². The molecule has 0 spiro atoms. The lowest BCUT2D eigenvalue weighted by atomic mass is 10.2. The van der Waals surface area contributed by atoms with Gasteiger partial charge in [-0.05, 0) is 26.0 Å². The van der Waals surface area contributed by atoms with Gasteiger partial charge < -0.3 is 4.74 Å². The van der Waals surface area contributed by atoms with E-state index >= 15 is 0 Å². The highest BCUT2D eigenvalue weighted by Crippen LogP contribution is 2.19. The predicted octanol–water partition coefficient (Wildman–Crippen LogP) is 2.37. The number of fused-ring (bicyclic) bond motifs is 3. The summed E-state index contributed by atoms with van der Waals surface area (Å²) < 4.78 is 6.91. The van der Waals surface area contributed by atoms with Crippen molar-refractivity contribution >= 4 is 22.8 Å². The van der Waals surface area contributed by atoms with E-state index in [0.29, 0.717) is 17.9 Å². The second-order valence-electron chi connectivity index (χ2n) is 4.21. The van der Waals surface area contributed by atoms with Gasteiger partial charge in [0.1, 0.15) is 0 Å². The molecule has 0 aliphatic rings. The summed E-state index contributed by atoms with van der Waals surface area (Å²) in [5, 5.41) is 0. The van der Waals surface area contributed by atoms with E-state index in [-0.39, 0.29) is 5.97 Å². The number of imidazole rings is 1. The second kappa shape index (κ2) is 4.35. The maximum absolute atomic E-state index is 11.9. The Balaban J connectivity index is 2.31. The highest BCUT2D eigenvalue weighted by molar-refractivity contribution is 5.91. The zero-order valence-electron chi connectivity index (χ0n) is 10.8. The smallest absolute Gasteiger partial charge is 0.341 e. The highest BCUT2D eigenvalue weighted by atomic mass is 16.5. The van der Waals surface area contributed by atoms with Gasteiger partial charge >= 0.3 is 5.97 Å². The summed E-state index contributed by atoms with van der Waals surface area (Å²) in [6, 6.07) is 7.75. The number of hydrogen-bond donors (Lipinski definition) is 0. The van der Waals surface area contributed by atoms with Gasteiger partial charge in [0.15, 0.2) is 0 Å². The van der Waals surface area contributed by atoms with Gasteiger partial charge in [0, 0.05) is 11.9 Å². The van der Waals surface area contributed by atoms with E-state index in [4.69, 9.17) is 4.74 Å². The minimum absolute atomic E-state index is 0.348. The van der Waals surface area contributed by atoms with Crippen molar-refractivity contribution in [2.75, 3.05) is 6.61 Å². The molecule has 5 nitrogen and oxygen atoms in total. The molecule has 0 atom stereocenters. The van der Waals surface area contributed by atoms with Gasteiger partial charge in [-0.1, -0.05) is 12.1 Å². The van der Waals surface area contributed by atoms with Gasteiger partial charge in [-0.15, -0.1) is 0 Å². The lowest BCUT2D eigenvalue weighted by Gasteiger charge is -2.07. The zero-order valence-corrected chi connectivity index (χ0v) is 10.8. The summed E-state index contributed by atoms with van der Waals surface area (Å²) in [7, 11) is 0. The highest BCUT2D eigenvalue weighted by Gasteiger charge is 2.15. The van der Waals surface area contributed by atoms with Crippen molar-refractivity contribution in [1.29, 1.82) is 0 Å². The molecule has 2 aromatic heterocycles. The van der Waals surface area contributed by atoms with Crippen LogP contribution in [-0.2, 0) is 4.74 Å². The Morgan fingerprint density at radius 2 is 2.16 bits per heavy atom. The first-order valence-electron chi connectivity index (χ1n) is 6.12. The Morgan fingerprint density at radius 1 is 1.37 bits per heavy atom. The Kier molecular flexibility index (Phi) is 2.67. The zero-order chi connectivity index (χ0) is 13.4. The van der Waals surface area contributed by atoms with Gasteiger partial charge in [-0.3, -0.25) is 4.40 Å². The lowest BCUT2D eigenvalue weighted by molar-refractivity contribution is 0.0524. The molecule has 0 aliphatic carbocycles. The first-order chi connectivity index (χ1) is 9.22. The normalized spacial score (nSPS) is 11.1. The van der Waals surface area contributed by atoms with Crippen LogP contribution in [0, 0.1) is 6.92 Å². The third kappa shape index (κ3) is 1.74. The fourth-order valence-corrected chi connectivity index (χ4v) is 2.18. The van der Waals surface area contributed by atoms with E-state index in [0.717, 1.165) is 16.7 Å². The fourth-order valence-electron chi connectivity index (χ4n) is 2.18. The molecule has 0 radical (unpaired) electrons. The van der Waals surface area contributed by atoms with Crippen molar-refractivity contribution in [3.8, 4) is 0 Å². The molecule has 0 fully saturated rings. The monoisotopic (exact) mass is 255 g/mol. The van der Waals surface area contributed by atoms with Crippen LogP contribution < -0.4 is 0 Å². The number of benzene rings is 1. The third-order valence-electron chi connectivity index (χ3n) is 3.07. The molecule has 0 saturated heterocycles. The van der Waals surface area contributed by atoms with Crippen LogP contribution in [0.25, 0.3) is 16.8 Å². The molecule has 1 aromatic carbocycles. The van der Waals surface area contributed by atoms with Crippen molar-refractivity contribution < 1.29 is 9.53 Å². The Hall–Kier alpha value is -2.43. The molecular weight excluding hydrogens is 242 g/mol. The van der Waals surface area contributed by atoms with Gasteiger partial charge in [0.25, 0.3) is 0 Å². The number of esters is 1. The number of para-hydroxylation sites is 2. The van der Waals surface area contributed by atoms with Gasteiger partial charge in [0.2, 0.25) is 5.78 Å². The number of hydrogen-bond acceptors (Lipinski definition) is 4. The number of carbonyl (C=O) groups is 1. The average Bonchev–Trinajstić information content (AvgIpc) is 2.78. The summed E-state index contributed by atoms with van der Waals surface area (Å²) in [6.07, 6.45) is 1.52. The van der Waals surface area contributed by atoms with Gasteiger partial charge in [-0.2, -0.15) is 0 Å². The summed E-state index contributed by atoms with van der Waals surface area (Å²) >= 11 is 0. The van der Waals surface area contributed by atoms with Crippen LogP contribution in [0.15, 0.2) is 30.5 Å². The van der Waals surface area contributed by atoms with Crippen molar-refractivity contribution in [1.82, 2.24) is 14.4 Å². The topological polar surface area (TPSA) is 56.5 Å². The van der Waals surface area contributed by atoms with E-state index < -0.39 is 0 Å². The minimum atomic E-state index is -0.354. The van der Waals surface area contributed by atoms with Crippen molar-refractivity contribution in [2.45, 2.75) is 13.8 Å². The molecule has 3 aromatic rings. The Morgan fingerprint density at radius 3 is 2.95 bits per heavy atom. The Labute approximate surface area is 109 Å². The molecule has 0 amide bonds. The molecule has 96 valence electrons. The molecule has 5 heteroatoms. The summed E-state index contributed by atoms with van der Waals surface area (Å²) in [5.41, 5.74) is 3.06. The van der Waals surface area contributed by atoms with Crippen LogP contribution in [0.4, 0.5) is 0 Å². The fraction of sp³-hybridized carbons (Fsp3) is 0.214. The van der Waals surface area contributed by atoms with Crippen molar-refractivity contribution in [2.24, 2.45) is 0 Å². The number of rotatable bonds is 2. The second-order valence-corrected chi connectivity index (χ2v) is 4.21. The first-order valence-corrected chi connectivity index (χ1v) is 6.12. The van der Waals surface area contributed by atoms with Gasteiger partial charge in [-0.25, -0.2) is 14.8 Å². The largest absolute Gasteiger partial charge is 0.462 e. The third-order valence-corrected chi connectivity index (χ3v) is 3.07. The van der Waals surface area contributed by atoms with Crippen LogP contribution >= 0.6 is 0 Å². The van der Waals surface area contributed by atoms with Crippen LogP contribution in [-0.4, -0.2) is 26.9 Å². The SMILES string of the molecule is CCOC(=O)c1cnc2nc3ccccc3n2c1C. The molecule has 0 unspecified atom stereocenters. The van der Waals surface area contributed by atoms with E-state index in [1.54, 1.807) is 6.92 Å². The standard InChI is InChI=1S/C14H13N3O2/c1-3-19-13(18)10-8-15-14-16-11-6-4-5-7-12(11)17(14)9(10)2/h4-8H,3H2,1-2H3. The molecule has 3 rings (SSSR count). The molecule has 2 heterocycles. The quantitative estimate of drug-likeness (QED) is 0.660. The maximum atomic E-state index is 11.9. The number of aryl methyl sites for hydroxylation is 1. The van der Waals surface area contributed by atoms with Crippen LogP contribution in [0.2, 0.25) is 0 Å². The number of carbonyl (C=O) groups excluding carboxylic acids is 1. The number of aromatic nitrogens is 3. The van der Waals surface area contributed by atoms with Crippen LogP contribution in [0.3, 0.4) is 0 Å². The summed E-state index contributed by atoms with van der Waals surface area (Å²) in [5.74, 6) is 0.235. The average molecular weight is 255 g/mol. The van der Waals surface area contributed by atoms with E-state index in [1.165, 1.54) is 6.20 Å². The van der Waals surface area contributed by atoms with Gasteiger partial charge in [0.05, 0.1) is 23.2 Å².